The Hall–Kier alpha value is -3.42. The third-order valence-electron chi connectivity index (χ3n) is 8.10. The molecule has 0 amide bonds. The van der Waals surface area contributed by atoms with E-state index in [4.69, 9.17) is 19.2 Å². The molecule has 3 aromatic rings. The third-order valence-corrected chi connectivity index (χ3v) is 8.10. The van der Waals surface area contributed by atoms with Crippen LogP contribution in [0.5, 0.6) is 5.75 Å². The first-order chi connectivity index (χ1) is 19.6. The Balaban J connectivity index is 1.34. The van der Waals surface area contributed by atoms with Crippen LogP contribution >= 0.6 is 0 Å². The number of aromatic nitrogens is 1. The molecule has 0 radical (unpaired) electrons. The fourth-order valence-corrected chi connectivity index (χ4v) is 5.85. The maximum absolute atomic E-state index is 12.8. The summed E-state index contributed by atoms with van der Waals surface area (Å²) in [5.74, 6) is 1.19. The van der Waals surface area contributed by atoms with E-state index in [2.05, 4.69) is 48.3 Å². The monoisotopic (exact) mass is 557 g/mol. The van der Waals surface area contributed by atoms with Crippen LogP contribution in [0.1, 0.15) is 55.0 Å². The van der Waals surface area contributed by atoms with Gasteiger partial charge in [-0.05, 0) is 101 Å². The second-order valence-corrected chi connectivity index (χ2v) is 12.2. The molecule has 1 N–H and O–H groups in total. The Bertz CT molecular complexity index is 1400. The van der Waals surface area contributed by atoms with Gasteiger partial charge in [0.25, 0.3) is 0 Å². The number of fused-ring (bicyclic) bond motifs is 1. The number of pyridine rings is 1. The topological polar surface area (TPSA) is 72.9 Å². The summed E-state index contributed by atoms with van der Waals surface area (Å²) in [7, 11) is 1.66. The van der Waals surface area contributed by atoms with Crippen LogP contribution < -0.4 is 15.0 Å². The highest BCUT2D eigenvalue weighted by Crippen LogP contribution is 2.34. The lowest BCUT2D eigenvalue weighted by molar-refractivity contribution is -0.165. The number of piperidine rings is 1. The van der Waals surface area contributed by atoms with Crippen LogP contribution in [0.3, 0.4) is 0 Å². The van der Waals surface area contributed by atoms with Crippen LogP contribution in [0, 0.1) is 19.8 Å². The van der Waals surface area contributed by atoms with Crippen LogP contribution in [-0.2, 0) is 33.8 Å². The average Bonchev–Trinajstić information content (AvgIpc) is 2.96. The number of hydrogen-bond acceptors (Lipinski definition) is 7. The molecule has 0 bridgehead atoms. The molecular formula is C34H43N3O4. The number of nitrogens with zero attached hydrogens (tertiary/aromatic N) is 2. The summed E-state index contributed by atoms with van der Waals surface area (Å²) in [6.45, 7) is 13.7. The highest BCUT2D eigenvalue weighted by molar-refractivity contribution is 5.74. The summed E-state index contributed by atoms with van der Waals surface area (Å²) in [4.78, 5) is 20.1. The summed E-state index contributed by atoms with van der Waals surface area (Å²) in [5.41, 5.74) is 7.85. The van der Waals surface area contributed by atoms with Gasteiger partial charge in [0, 0.05) is 32.3 Å². The molecule has 1 fully saturated rings. The highest BCUT2D eigenvalue weighted by atomic mass is 16.6. The summed E-state index contributed by atoms with van der Waals surface area (Å²) in [6.07, 6.45) is 1.44. The highest BCUT2D eigenvalue weighted by Gasteiger charge is 2.37. The lowest BCUT2D eigenvalue weighted by Gasteiger charge is -2.38. The number of nitrogens with one attached hydrogen (secondary N) is 1. The molecule has 2 aromatic carbocycles. The average molecular weight is 558 g/mol. The molecular weight excluding hydrogens is 514 g/mol. The van der Waals surface area contributed by atoms with E-state index >= 15 is 0 Å². The summed E-state index contributed by atoms with van der Waals surface area (Å²) in [5, 5.41) is 3.46. The lowest BCUT2D eigenvalue weighted by Crippen LogP contribution is -2.49. The number of hydrogen-bond donors (Lipinski definition) is 1. The van der Waals surface area contributed by atoms with Crippen molar-refractivity contribution in [3.63, 3.8) is 0 Å². The zero-order valence-electron chi connectivity index (χ0n) is 25.3. The van der Waals surface area contributed by atoms with Crippen LogP contribution in [0.15, 0.2) is 48.5 Å². The molecule has 7 heteroatoms. The number of carbonyl (C=O) groups excluding carboxylic acids is 1. The Morgan fingerprint density at radius 2 is 1.95 bits per heavy atom. The number of ether oxygens (including phenoxy) is 3. The van der Waals surface area contributed by atoms with Crippen LogP contribution in [0.25, 0.3) is 11.3 Å². The molecule has 5 rings (SSSR count). The van der Waals surface area contributed by atoms with Crippen LogP contribution in [0.4, 0.5) is 5.82 Å². The zero-order chi connectivity index (χ0) is 29.1. The molecule has 3 heterocycles. The third kappa shape index (κ3) is 6.74. The van der Waals surface area contributed by atoms with Gasteiger partial charge in [0.1, 0.15) is 23.8 Å². The van der Waals surface area contributed by atoms with Gasteiger partial charge in [-0.1, -0.05) is 29.8 Å². The minimum Gasteiger partial charge on any atom is -0.488 e. The number of aryl methyl sites for hydroxylation is 1. The van der Waals surface area contributed by atoms with E-state index in [1.54, 1.807) is 7.11 Å². The molecule has 2 atom stereocenters. The number of anilines is 1. The van der Waals surface area contributed by atoms with Crippen molar-refractivity contribution in [1.29, 1.82) is 0 Å². The Labute approximate surface area is 244 Å². The fourth-order valence-electron chi connectivity index (χ4n) is 5.85. The van der Waals surface area contributed by atoms with Crippen molar-refractivity contribution in [3.8, 4) is 17.0 Å². The molecule has 0 aliphatic carbocycles. The SMILES string of the molecule is CO[C@H]1CN(c2cccc(-c3cc(C)ccc3OCc3ccc4c(c3C)CCNC4)n2)CC[C@H]1C(=O)OC(C)(C)C. The molecule has 1 aromatic heterocycles. The van der Waals surface area contributed by atoms with E-state index in [9.17, 15) is 4.79 Å². The molecule has 0 spiro atoms. The normalized spacial score (nSPS) is 19.0. The zero-order valence-corrected chi connectivity index (χ0v) is 25.3. The first kappa shape index (κ1) is 29.1. The summed E-state index contributed by atoms with van der Waals surface area (Å²) >= 11 is 0. The van der Waals surface area contributed by atoms with Crippen molar-refractivity contribution in [3.05, 3.63) is 76.3 Å². The minimum absolute atomic E-state index is 0.196. The standard InChI is InChI=1S/C34H43N3O4/c1-22-10-13-30(40-21-25-12-11-24-19-35-16-14-26(24)23(25)2)28(18-22)29-8-7-9-32(36-29)37-17-15-27(31(20-37)39-6)33(38)41-34(3,4)5/h7-13,18,27,31,35H,14-17,19-21H2,1-6H3/t27-,31+/m1/s1. The van der Waals surface area contributed by atoms with Gasteiger partial charge in [-0.15, -0.1) is 0 Å². The predicted octanol–water partition coefficient (Wildman–Crippen LogP) is 5.77. The van der Waals surface area contributed by atoms with E-state index in [-0.39, 0.29) is 18.0 Å². The van der Waals surface area contributed by atoms with Gasteiger partial charge in [0.2, 0.25) is 0 Å². The first-order valence-electron chi connectivity index (χ1n) is 14.7. The van der Waals surface area contributed by atoms with Crippen molar-refractivity contribution >= 4 is 11.8 Å². The Morgan fingerprint density at radius 1 is 1.12 bits per heavy atom. The quantitative estimate of drug-likeness (QED) is 0.370. The molecule has 2 aliphatic heterocycles. The second kappa shape index (κ2) is 12.2. The van der Waals surface area contributed by atoms with Gasteiger partial charge in [-0.3, -0.25) is 4.79 Å². The smallest absolute Gasteiger partial charge is 0.312 e. The first-order valence-corrected chi connectivity index (χ1v) is 14.7. The van der Waals surface area contributed by atoms with E-state index in [1.807, 2.05) is 45.0 Å². The van der Waals surface area contributed by atoms with E-state index in [1.165, 1.54) is 22.3 Å². The lowest BCUT2D eigenvalue weighted by atomic mass is 9.93. The van der Waals surface area contributed by atoms with Gasteiger partial charge < -0.3 is 24.4 Å². The number of esters is 1. The van der Waals surface area contributed by atoms with Crippen LogP contribution in [0.2, 0.25) is 0 Å². The van der Waals surface area contributed by atoms with Crippen LogP contribution in [-0.4, -0.2) is 49.4 Å². The molecule has 41 heavy (non-hydrogen) atoms. The number of rotatable bonds is 7. The molecule has 218 valence electrons. The number of carbonyl (C=O) groups is 1. The van der Waals surface area contributed by atoms with Gasteiger partial charge >= 0.3 is 5.97 Å². The number of methoxy groups -OCH3 is 1. The van der Waals surface area contributed by atoms with Crippen molar-refractivity contribution in [2.45, 2.75) is 72.3 Å². The largest absolute Gasteiger partial charge is 0.488 e. The van der Waals surface area contributed by atoms with Gasteiger partial charge in [0.05, 0.1) is 17.7 Å². The maximum Gasteiger partial charge on any atom is 0.312 e. The minimum atomic E-state index is -0.522. The molecule has 7 nitrogen and oxygen atoms in total. The molecule has 0 saturated carbocycles. The Kier molecular flexibility index (Phi) is 8.66. The number of benzene rings is 2. The van der Waals surface area contributed by atoms with Gasteiger partial charge in [-0.2, -0.15) is 0 Å². The molecule has 1 saturated heterocycles. The molecule has 0 unspecified atom stereocenters. The summed E-state index contributed by atoms with van der Waals surface area (Å²) < 4.78 is 17.9. The van der Waals surface area contributed by atoms with Gasteiger partial charge in [-0.25, -0.2) is 4.98 Å². The summed E-state index contributed by atoms with van der Waals surface area (Å²) in [6, 6.07) is 16.8. The molecule has 2 aliphatic rings. The van der Waals surface area contributed by atoms with E-state index < -0.39 is 5.60 Å². The van der Waals surface area contributed by atoms with E-state index in [0.29, 0.717) is 26.1 Å². The van der Waals surface area contributed by atoms with E-state index in [0.717, 1.165) is 47.9 Å². The Morgan fingerprint density at radius 3 is 2.73 bits per heavy atom. The van der Waals surface area contributed by atoms with Gasteiger partial charge in [0.15, 0.2) is 0 Å². The predicted molar refractivity (Wildman–Crippen MR) is 162 cm³/mol. The van der Waals surface area contributed by atoms with Crippen molar-refractivity contribution in [2.75, 3.05) is 31.6 Å². The van der Waals surface area contributed by atoms with Crippen molar-refractivity contribution < 1.29 is 19.0 Å². The maximum atomic E-state index is 12.8. The van der Waals surface area contributed by atoms with Crippen molar-refractivity contribution in [2.24, 2.45) is 5.92 Å². The van der Waals surface area contributed by atoms with Crippen molar-refractivity contribution in [1.82, 2.24) is 10.3 Å². The fraction of sp³-hybridized carbons (Fsp3) is 0.471. The second-order valence-electron chi connectivity index (χ2n) is 12.2.